The molecule has 0 fully saturated rings. The number of aromatic nitrogens is 6. The summed E-state index contributed by atoms with van der Waals surface area (Å²) < 4.78 is 46.1. The molecule has 0 radical (unpaired) electrons. The molecule has 34 nitrogen and oxygen atoms in total. The smallest absolute Gasteiger partial charge is 0.335 e. The van der Waals surface area contributed by atoms with Crippen molar-refractivity contribution in [3.05, 3.63) is 258 Å². The summed E-state index contributed by atoms with van der Waals surface area (Å²) in [6.45, 7) is 8.16. The number of halogens is 6. The van der Waals surface area contributed by atoms with Gasteiger partial charge in [-0.1, -0.05) is 122 Å². The van der Waals surface area contributed by atoms with Crippen LogP contribution in [-0.2, 0) is 68.0 Å². The summed E-state index contributed by atoms with van der Waals surface area (Å²) in [5, 5.41) is 38.4. The number of nitrogens with two attached hydrogens (primary N) is 4. The van der Waals surface area contributed by atoms with Crippen molar-refractivity contribution < 1.29 is 75.8 Å². The van der Waals surface area contributed by atoms with Crippen LogP contribution in [0.3, 0.4) is 0 Å². The molecular weight excluding hydrogens is 1660 g/mol. The molecule has 11 rings (SSSR count). The van der Waals surface area contributed by atoms with E-state index in [4.69, 9.17) is 63.3 Å². The highest BCUT2D eigenvalue weighted by Crippen LogP contribution is 2.28. The number of rotatable bonds is 28. The molecule has 0 atom stereocenters. The Morgan fingerprint density at radius 3 is 1.11 bits per heavy atom. The zero-order valence-corrected chi connectivity index (χ0v) is 67.8. The molecule has 8 aromatic carbocycles. The number of fused-ring (bicyclic) bond motifs is 3. The fraction of sp³-hybridized carbons (Fsp3) is 0.241. The van der Waals surface area contributed by atoms with Crippen molar-refractivity contribution in [2.24, 2.45) is 22.3 Å². The number of aromatic carboxylic acids is 1. The first-order chi connectivity index (χ1) is 57.4. The van der Waals surface area contributed by atoms with Gasteiger partial charge in [0, 0.05) is 98.1 Å². The molecule has 14 N–H and O–H groups in total. The molecule has 3 aromatic heterocycles. The van der Waals surface area contributed by atoms with Crippen molar-refractivity contribution >= 4 is 156 Å². The minimum atomic E-state index is -1.19. The van der Waals surface area contributed by atoms with Crippen molar-refractivity contribution in [2.75, 3.05) is 36.0 Å². The van der Waals surface area contributed by atoms with Gasteiger partial charge >= 0.3 is 12.0 Å². The normalized spacial score (nSPS) is 10.6. The number of carboxylic acid groups (broad SMARTS) is 1. The van der Waals surface area contributed by atoms with Gasteiger partial charge in [0.1, 0.15) is 37.1 Å². The Balaban J connectivity index is 0.000000272. The van der Waals surface area contributed by atoms with Gasteiger partial charge in [-0.05, 0) is 149 Å². The Morgan fingerprint density at radius 1 is 0.455 bits per heavy atom. The van der Waals surface area contributed by atoms with E-state index in [1.54, 1.807) is 96.1 Å². The van der Waals surface area contributed by atoms with E-state index >= 15 is 0 Å². The van der Waals surface area contributed by atoms with Crippen LogP contribution >= 0.6 is 34.8 Å². The number of benzene rings is 8. The van der Waals surface area contributed by atoms with Gasteiger partial charge in [-0.2, -0.15) is 15.3 Å². The van der Waals surface area contributed by atoms with Gasteiger partial charge in [-0.3, -0.25) is 62.0 Å². The van der Waals surface area contributed by atoms with Crippen molar-refractivity contribution in [2.45, 2.75) is 114 Å². The standard InChI is InChI=1S/C29H29ClFN7O4.C23H22ClFN8O4.C23H23ClFN5O5.C6H7N.2CH4/c1-17(2)37(15-24(39)33-14-18-7-6-10-22(30)26(18)31)25(40)16-38-23-12-11-20(13-21(23)27(36-38)28(32)41)35-29(42)34-19-8-4-3-5-9-19;1-12(2)32(10-18(34)28-9-14-4-3-5-16(24)20(14)25)19(35)11-33-17-7-6-13(23(37)29-31-27)8-15(17)21(30-33)22(26)36;1-12(2)29(10-18(31)27-9-14-4-3-5-16(24)20(14)25)19(32)11-30-17-7-6-13(23(34)35)8-15(17)21(28-30)22(26)33;7-6-4-2-1-3-5-6;;/h3-13,17H,14-16H2,1-2H3,(H2,32,41)(H,33,39)(H2,34,35,42);3-8,12H,9-11H2,1-2H3,(H2,26,36)(H,28,34);3-8,12H,9-11H2,1-2H3,(H2,26,33)(H,27,31)(H,34,35);1-5H,7H2;2*1H4. The van der Waals surface area contributed by atoms with Crippen LogP contribution in [0.5, 0.6) is 0 Å². The summed E-state index contributed by atoms with van der Waals surface area (Å²) in [6.07, 6.45) is 0. The first-order valence-corrected chi connectivity index (χ1v) is 37.7. The van der Waals surface area contributed by atoms with E-state index in [-0.39, 0.29) is 163 Å². The average molecular weight is 1750 g/mol. The number of primary amides is 3. The monoisotopic (exact) mass is 1750 g/mol. The second-order valence-corrected chi connectivity index (χ2v) is 28.5. The van der Waals surface area contributed by atoms with Gasteiger partial charge in [0.05, 0.1) is 56.8 Å². The maximum Gasteiger partial charge on any atom is 0.335 e. The van der Waals surface area contributed by atoms with E-state index in [0.717, 1.165) is 5.69 Å². The van der Waals surface area contributed by atoms with Gasteiger partial charge in [0.25, 0.3) is 17.7 Å². The maximum atomic E-state index is 14.2. The largest absolute Gasteiger partial charge is 0.478 e. The summed E-state index contributed by atoms with van der Waals surface area (Å²) in [6, 6.07) is 42.9. The van der Waals surface area contributed by atoms with Crippen LogP contribution < -0.4 is 49.5 Å². The lowest BCUT2D eigenvalue weighted by molar-refractivity contribution is -0.138. The highest BCUT2D eigenvalue weighted by atomic mass is 35.5. The summed E-state index contributed by atoms with van der Waals surface area (Å²) in [5.41, 5.74) is 33.2. The minimum absolute atomic E-state index is 0. The lowest BCUT2D eigenvalue weighted by Crippen LogP contribution is -2.45. The molecule has 0 unspecified atom stereocenters. The number of nitrogens with zero attached hydrogens (tertiary/aromatic N) is 12. The van der Waals surface area contributed by atoms with E-state index < -0.39 is 88.5 Å². The number of hydrogen-bond donors (Lipinski definition) is 10. The number of nitrogens with one attached hydrogen (secondary N) is 5. The van der Waals surface area contributed by atoms with Crippen LogP contribution in [0, 0.1) is 17.5 Å². The van der Waals surface area contributed by atoms with Gasteiger partial charge in [0.15, 0.2) is 17.1 Å². The van der Waals surface area contributed by atoms with Crippen LogP contribution in [0.25, 0.3) is 43.2 Å². The molecular formula is C83H89Cl3F3N21O13. The Morgan fingerprint density at radius 2 is 0.780 bits per heavy atom. The molecule has 0 spiro atoms. The van der Waals surface area contributed by atoms with Crippen molar-refractivity contribution in [3.63, 3.8) is 0 Å². The number of azide groups is 1. The molecule has 11 aromatic rings. The molecule has 12 amide bonds. The average Bonchev–Trinajstić information content (AvgIpc) is 1.64. The SMILES string of the molecule is C.C.CC(C)N(CC(=O)NCc1cccc(Cl)c1F)C(=O)Cn1nc(C(N)=O)c2cc(C(=O)N=[N+]=[N-])ccc21.CC(C)N(CC(=O)NCc1cccc(Cl)c1F)C(=O)Cn1nc(C(N)=O)c2cc(C(=O)O)ccc21.CC(C)N(CC(=O)NCc1cccc(Cl)c1F)C(=O)Cn1nc(C(N)=O)c2cc(NC(=O)Nc3ccccc3)ccc21.Nc1ccccc1. The number of anilines is 3. The third kappa shape index (κ3) is 26.5. The molecule has 40 heteroatoms. The van der Waals surface area contributed by atoms with E-state index in [1.165, 1.54) is 108 Å². The first kappa shape index (κ1) is 97.4. The summed E-state index contributed by atoms with van der Waals surface area (Å²) in [4.78, 5) is 155. The summed E-state index contributed by atoms with van der Waals surface area (Å²) >= 11 is 17.3. The fourth-order valence-electron chi connectivity index (χ4n) is 11.8. The van der Waals surface area contributed by atoms with E-state index in [2.05, 4.69) is 51.9 Å². The van der Waals surface area contributed by atoms with Crippen LogP contribution in [0.2, 0.25) is 15.1 Å². The predicted octanol–water partition coefficient (Wildman–Crippen LogP) is 11.8. The molecule has 3 heterocycles. The highest BCUT2D eigenvalue weighted by molar-refractivity contribution is 6.31. The summed E-state index contributed by atoms with van der Waals surface area (Å²) in [5.74, 6) is -9.48. The zero-order chi connectivity index (χ0) is 88.6. The third-order valence-electron chi connectivity index (χ3n) is 17.8. The van der Waals surface area contributed by atoms with Gasteiger partial charge in [-0.15, -0.1) is 0 Å². The highest BCUT2D eigenvalue weighted by Gasteiger charge is 2.29. The van der Waals surface area contributed by atoms with Crippen LogP contribution in [0.4, 0.5) is 35.0 Å². The fourth-order valence-corrected chi connectivity index (χ4v) is 12.3. The number of nitrogen functional groups attached to an aromatic ring is 1. The topological polar surface area (TPSA) is 501 Å². The maximum absolute atomic E-state index is 14.2. The van der Waals surface area contributed by atoms with Crippen molar-refractivity contribution in [3.8, 4) is 0 Å². The van der Waals surface area contributed by atoms with Gasteiger partial charge in [-0.25, -0.2) is 22.8 Å². The number of amides is 12. The lowest BCUT2D eigenvalue weighted by atomic mass is 10.1. The molecule has 0 aliphatic carbocycles. The quantitative estimate of drug-likeness (QED) is 0.00942. The lowest BCUT2D eigenvalue weighted by Gasteiger charge is -2.26. The molecule has 0 saturated carbocycles. The Bertz CT molecular complexity index is 5810. The predicted molar refractivity (Wildman–Crippen MR) is 459 cm³/mol. The number of carbonyl (C=O) groups excluding carboxylic acids is 11. The van der Waals surface area contributed by atoms with Crippen LogP contribution in [0.1, 0.15) is 125 Å². The number of urea groups is 1. The summed E-state index contributed by atoms with van der Waals surface area (Å²) in [7, 11) is 0. The molecule has 0 saturated heterocycles. The van der Waals surface area contributed by atoms with Crippen molar-refractivity contribution in [1.29, 1.82) is 0 Å². The number of hydrogen-bond acceptors (Lipinski definition) is 16. The van der Waals surface area contributed by atoms with Gasteiger partial charge < -0.3 is 69.3 Å². The van der Waals surface area contributed by atoms with E-state index in [0.29, 0.717) is 33.3 Å². The molecule has 123 heavy (non-hydrogen) atoms. The Kier molecular flexibility index (Phi) is 35.7. The Hall–Kier alpha value is -14.4. The van der Waals surface area contributed by atoms with E-state index in [9.17, 15) is 75.8 Å². The van der Waals surface area contributed by atoms with E-state index in [1.807, 2.05) is 36.4 Å². The molecule has 0 aliphatic heterocycles. The van der Waals surface area contributed by atoms with Crippen LogP contribution in [0.15, 0.2) is 175 Å². The Labute approximate surface area is 717 Å². The number of para-hydroxylation sites is 2. The number of carboxylic acids is 1. The zero-order valence-electron chi connectivity index (χ0n) is 65.6. The molecule has 646 valence electrons. The molecule has 0 aliphatic rings. The van der Waals surface area contributed by atoms with Gasteiger partial charge in [0.2, 0.25) is 41.4 Å². The second-order valence-electron chi connectivity index (χ2n) is 27.3. The second kappa shape index (κ2) is 45.1. The van der Waals surface area contributed by atoms with Crippen LogP contribution in [-0.4, -0.2) is 158 Å². The van der Waals surface area contributed by atoms with Crippen molar-refractivity contribution in [1.82, 2.24) is 60.0 Å². The number of carbonyl (C=O) groups is 12. The first-order valence-electron chi connectivity index (χ1n) is 36.6. The molecule has 0 bridgehead atoms. The third-order valence-corrected chi connectivity index (χ3v) is 18.7. The minimum Gasteiger partial charge on any atom is -0.478 e.